The zero-order chi connectivity index (χ0) is 17.2. The molecule has 0 spiro atoms. The van der Waals surface area contributed by atoms with Gasteiger partial charge in [0.05, 0.1) is 5.69 Å². The van der Waals surface area contributed by atoms with Crippen LogP contribution < -0.4 is 0 Å². The van der Waals surface area contributed by atoms with E-state index in [1.54, 1.807) is 0 Å². The molecule has 1 unspecified atom stereocenters. The van der Waals surface area contributed by atoms with Crippen LogP contribution in [0.2, 0.25) is 0 Å². The molecule has 1 aromatic carbocycles. The fraction of sp³-hybridized carbons (Fsp3) is 0.278. The van der Waals surface area contributed by atoms with Crippen LogP contribution in [-0.4, -0.2) is 21.5 Å². The first-order chi connectivity index (χ1) is 11.6. The highest BCUT2D eigenvalue weighted by Gasteiger charge is 2.25. The minimum atomic E-state index is -0.496. The fourth-order valence-electron chi connectivity index (χ4n) is 3.06. The maximum absolute atomic E-state index is 8.87. The molecular formula is C18H20N5P. The number of aromatic nitrogens is 2. The topological polar surface area (TPSA) is 66.6 Å². The average Bonchev–Trinajstić information content (AvgIpc) is 2.89. The lowest BCUT2D eigenvalue weighted by Crippen LogP contribution is -2.19. The third-order valence-corrected chi connectivity index (χ3v) is 4.91. The predicted molar refractivity (Wildman–Crippen MR) is 102 cm³/mol. The third-order valence-electron chi connectivity index (χ3n) is 4.03. The molecule has 0 fully saturated rings. The van der Waals surface area contributed by atoms with Crippen molar-refractivity contribution in [3.8, 4) is 11.3 Å². The molecule has 6 heteroatoms. The maximum Gasteiger partial charge on any atom is 0.143 e. The Morgan fingerprint density at radius 3 is 2.62 bits per heavy atom. The van der Waals surface area contributed by atoms with Crippen LogP contribution in [0.25, 0.3) is 32.7 Å². The summed E-state index contributed by atoms with van der Waals surface area (Å²) in [6, 6.07) is 14.4. The van der Waals surface area contributed by atoms with Gasteiger partial charge in [-0.1, -0.05) is 49.3 Å². The van der Waals surface area contributed by atoms with Crippen molar-refractivity contribution < 1.29 is 0 Å². The van der Waals surface area contributed by atoms with Gasteiger partial charge in [-0.25, -0.2) is 4.98 Å². The number of azide groups is 1. The minimum Gasteiger partial charge on any atom is -0.307 e. The molecule has 0 aliphatic rings. The molecule has 1 atom stereocenters. The molecule has 5 nitrogen and oxygen atoms in total. The molecule has 0 radical (unpaired) electrons. The van der Waals surface area contributed by atoms with Crippen molar-refractivity contribution in [2.75, 3.05) is 6.66 Å². The van der Waals surface area contributed by atoms with E-state index in [0.29, 0.717) is 15.2 Å². The Hall–Kier alpha value is -2.35. The number of hydrogen-bond acceptors (Lipinski definition) is 2. The SMILES string of the molecule is CPn1c(-c2ccccc2)c(CC(C)(C)N=[N+]=[N-])c2cccnc21. The first kappa shape index (κ1) is 16.5. The standard InChI is InChI=1S/C18H20N5P/c1-18(2,21-22-19)12-15-14-10-7-11-20-17(14)23(24-3)16(15)13-8-5-4-6-9-13/h4-11,24H,12H2,1-3H3. The largest absolute Gasteiger partial charge is 0.307 e. The van der Waals surface area contributed by atoms with Crippen molar-refractivity contribution in [2.24, 2.45) is 5.11 Å². The van der Waals surface area contributed by atoms with Crippen LogP contribution in [0, 0.1) is 0 Å². The van der Waals surface area contributed by atoms with Gasteiger partial charge in [0.25, 0.3) is 0 Å². The Morgan fingerprint density at radius 2 is 1.96 bits per heavy atom. The molecule has 0 bridgehead atoms. The number of rotatable bonds is 5. The molecule has 0 amide bonds. The second kappa shape index (κ2) is 6.64. The lowest BCUT2D eigenvalue weighted by Gasteiger charge is -2.19. The second-order valence-electron chi connectivity index (χ2n) is 6.31. The highest BCUT2D eigenvalue weighted by atomic mass is 31.1. The first-order valence-corrected chi connectivity index (χ1v) is 9.30. The molecule has 0 N–H and O–H groups in total. The molecule has 24 heavy (non-hydrogen) atoms. The summed E-state index contributed by atoms with van der Waals surface area (Å²) in [5.74, 6) is 0. The molecule has 122 valence electrons. The van der Waals surface area contributed by atoms with Crippen LogP contribution >= 0.6 is 8.73 Å². The van der Waals surface area contributed by atoms with Gasteiger partial charge in [0.2, 0.25) is 0 Å². The summed E-state index contributed by atoms with van der Waals surface area (Å²) in [6.07, 6.45) is 2.50. The molecule has 3 rings (SSSR count). The van der Waals surface area contributed by atoms with E-state index in [1.165, 1.54) is 11.3 Å². The maximum atomic E-state index is 8.87. The minimum absolute atomic E-state index is 0.496. The normalized spacial score (nSPS) is 12.0. The van der Waals surface area contributed by atoms with E-state index < -0.39 is 5.54 Å². The molecule has 3 aromatic rings. The highest BCUT2D eigenvalue weighted by Crippen LogP contribution is 2.39. The number of fused-ring (bicyclic) bond motifs is 1. The molecule has 0 aliphatic carbocycles. The molecule has 0 saturated carbocycles. The van der Waals surface area contributed by atoms with Crippen LogP contribution in [0.1, 0.15) is 19.4 Å². The molecular weight excluding hydrogens is 317 g/mol. The molecule has 0 aliphatic heterocycles. The summed E-state index contributed by atoms with van der Waals surface area (Å²) in [5, 5.41) is 5.11. The van der Waals surface area contributed by atoms with Crippen LogP contribution in [0.5, 0.6) is 0 Å². The Morgan fingerprint density at radius 1 is 1.21 bits per heavy atom. The third kappa shape index (κ3) is 3.01. The van der Waals surface area contributed by atoms with Crippen LogP contribution in [0.4, 0.5) is 0 Å². The quantitative estimate of drug-likeness (QED) is 0.266. The summed E-state index contributed by atoms with van der Waals surface area (Å²) in [7, 11) is 0.567. The summed E-state index contributed by atoms with van der Waals surface area (Å²) in [4.78, 5) is 7.62. The number of pyridine rings is 1. The van der Waals surface area contributed by atoms with Crippen molar-refractivity contribution in [3.63, 3.8) is 0 Å². The summed E-state index contributed by atoms with van der Waals surface area (Å²) in [5.41, 5.74) is 12.9. The van der Waals surface area contributed by atoms with E-state index in [2.05, 4.69) is 44.2 Å². The van der Waals surface area contributed by atoms with Crippen LogP contribution in [0.3, 0.4) is 0 Å². The van der Waals surface area contributed by atoms with Gasteiger partial charge in [-0.3, -0.25) is 0 Å². The van der Waals surface area contributed by atoms with Crippen molar-refractivity contribution in [1.82, 2.24) is 9.32 Å². The smallest absolute Gasteiger partial charge is 0.143 e. The van der Waals surface area contributed by atoms with E-state index >= 15 is 0 Å². The van der Waals surface area contributed by atoms with Crippen molar-refractivity contribution in [3.05, 3.63) is 64.7 Å². The number of benzene rings is 1. The van der Waals surface area contributed by atoms with Gasteiger partial charge in [0.15, 0.2) is 0 Å². The summed E-state index contributed by atoms with van der Waals surface area (Å²) in [6.45, 7) is 6.09. The van der Waals surface area contributed by atoms with Crippen LogP contribution in [0.15, 0.2) is 53.8 Å². The monoisotopic (exact) mass is 337 g/mol. The lowest BCUT2D eigenvalue weighted by molar-refractivity contribution is 0.516. The van der Waals surface area contributed by atoms with Crippen molar-refractivity contribution >= 4 is 19.8 Å². The van der Waals surface area contributed by atoms with Gasteiger partial charge >= 0.3 is 0 Å². The van der Waals surface area contributed by atoms with Crippen molar-refractivity contribution in [2.45, 2.75) is 25.8 Å². The zero-order valence-electron chi connectivity index (χ0n) is 14.1. The van der Waals surface area contributed by atoms with E-state index in [1.807, 2.05) is 44.3 Å². The summed E-state index contributed by atoms with van der Waals surface area (Å²) >= 11 is 0. The Kier molecular flexibility index (Phi) is 4.57. The fourth-order valence-corrected chi connectivity index (χ4v) is 3.94. The van der Waals surface area contributed by atoms with Gasteiger partial charge in [-0.2, -0.15) is 0 Å². The Labute approximate surface area is 143 Å². The van der Waals surface area contributed by atoms with Gasteiger partial charge in [-0.05, 0) is 50.6 Å². The highest BCUT2D eigenvalue weighted by molar-refractivity contribution is 7.35. The van der Waals surface area contributed by atoms with E-state index in [0.717, 1.165) is 16.6 Å². The molecule has 2 aromatic heterocycles. The number of hydrogen-bond donors (Lipinski definition) is 0. The van der Waals surface area contributed by atoms with Crippen LogP contribution in [-0.2, 0) is 6.42 Å². The lowest BCUT2D eigenvalue weighted by atomic mass is 9.92. The second-order valence-corrected chi connectivity index (χ2v) is 7.20. The van der Waals surface area contributed by atoms with E-state index in [9.17, 15) is 0 Å². The average molecular weight is 337 g/mol. The van der Waals surface area contributed by atoms with E-state index in [-0.39, 0.29) is 0 Å². The molecule has 2 heterocycles. The van der Waals surface area contributed by atoms with Gasteiger partial charge in [0.1, 0.15) is 5.65 Å². The van der Waals surface area contributed by atoms with Gasteiger partial charge < -0.3 is 4.34 Å². The number of nitrogens with zero attached hydrogens (tertiary/aromatic N) is 5. The molecule has 0 saturated heterocycles. The van der Waals surface area contributed by atoms with Gasteiger partial charge in [-0.15, -0.1) is 0 Å². The Bertz CT molecular complexity index is 908. The van der Waals surface area contributed by atoms with E-state index in [4.69, 9.17) is 5.53 Å². The van der Waals surface area contributed by atoms with Crippen molar-refractivity contribution in [1.29, 1.82) is 0 Å². The zero-order valence-corrected chi connectivity index (χ0v) is 15.1. The van der Waals surface area contributed by atoms with Gasteiger partial charge in [0, 0.05) is 22.0 Å². The summed E-state index contributed by atoms with van der Waals surface area (Å²) < 4.78 is 2.27. The first-order valence-electron chi connectivity index (χ1n) is 7.85. The predicted octanol–water partition coefficient (Wildman–Crippen LogP) is 5.41. The Balaban J connectivity index is 2.31.